The number of ether oxygens (including phenoxy) is 1. The van der Waals surface area contributed by atoms with Crippen LogP contribution in [0.2, 0.25) is 0 Å². The van der Waals surface area contributed by atoms with E-state index in [-0.39, 0.29) is 12.5 Å². The molecule has 0 aliphatic carbocycles. The molecule has 1 aromatic heterocycles. The molecule has 0 aliphatic heterocycles. The number of nitrogens with one attached hydrogen (secondary N) is 1. The molecule has 0 bridgehead atoms. The third-order valence-corrected chi connectivity index (χ3v) is 2.71. The van der Waals surface area contributed by atoms with Crippen molar-refractivity contribution in [2.24, 2.45) is 0 Å². The number of methoxy groups -OCH3 is 1. The van der Waals surface area contributed by atoms with Crippen molar-refractivity contribution >= 4 is 10.9 Å². The van der Waals surface area contributed by atoms with E-state index < -0.39 is 0 Å². The smallest absolute Gasteiger partial charge is 0.123 e. The van der Waals surface area contributed by atoms with Crippen molar-refractivity contribution in [2.45, 2.75) is 12.8 Å². The number of rotatable bonds is 3. The van der Waals surface area contributed by atoms with Crippen LogP contribution in [0.5, 0.6) is 5.75 Å². The lowest BCUT2D eigenvalue weighted by Gasteiger charge is -2.13. The monoisotopic (exact) mass is 205 g/mol. The standard InChI is InChI=1S/C12H15NO2/c1-8(7-14)10-6-11-9(3-4-13-11)5-12(10)15-2/h3-6,8,13-14H,7H2,1-2H3. The minimum absolute atomic E-state index is 0.0904. The van der Waals surface area contributed by atoms with Gasteiger partial charge in [0.1, 0.15) is 5.75 Å². The fourth-order valence-electron chi connectivity index (χ4n) is 1.76. The van der Waals surface area contributed by atoms with Crippen LogP contribution in [0.1, 0.15) is 18.4 Å². The predicted octanol–water partition coefficient (Wildman–Crippen LogP) is 2.27. The zero-order chi connectivity index (χ0) is 10.8. The molecule has 1 heterocycles. The number of aliphatic hydroxyl groups excluding tert-OH is 1. The van der Waals surface area contributed by atoms with Crippen molar-refractivity contribution in [1.82, 2.24) is 4.98 Å². The highest BCUT2D eigenvalue weighted by atomic mass is 16.5. The predicted molar refractivity (Wildman–Crippen MR) is 60.4 cm³/mol. The Labute approximate surface area is 88.7 Å². The van der Waals surface area contributed by atoms with Gasteiger partial charge in [0, 0.05) is 35.2 Å². The maximum absolute atomic E-state index is 9.17. The lowest BCUT2D eigenvalue weighted by Crippen LogP contribution is -2.01. The van der Waals surface area contributed by atoms with Gasteiger partial charge in [0.05, 0.1) is 7.11 Å². The summed E-state index contributed by atoms with van der Waals surface area (Å²) in [5.41, 5.74) is 2.11. The van der Waals surface area contributed by atoms with Crippen LogP contribution < -0.4 is 4.74 Å². The normalized spacial score (nSPS) is 13.0. The summed E-state index contributed by atoms with van der Waals surface area (Å²) in [6, 6.07) is 6.04. The SMILES string of the molecule is COc1cc2cc[nH]c2cc1C(C)CO. The van der Waals surface area contributed by atoms with E-state index >= 15 is 0 Å². The van der Waals surface area contributed by atoms with Crippen molar-refractivity contribution < 1.29 is 9.84 Å². The Morgan fingerprint density at radius 1 is 1.47 bits per heavy atom. The topological polar surface area (TPSA) is 45.2 Å². The second-order valence-corrected chi connectivity index (χ2v) is 3.74. The summed E-state index contributed by atoms with van der Waals surface area (Å²) in [5.74, 6) is 0.927. The summed E-state index contributed by atoms with van der Waals surface area (Å²) in [7, 11) is 1.65. The van der Waals surface area contributed by atoms with E-state index in [1.807, 2.05) is 31.3 Å². The van der Waals surface area contributed by atoms with Gasteiger partial charge in [-0.1, -0.05) is 6.92 Å². The second-order valence-electron chi connectivity index (χ2n) is 3.74. The highest BCUT2D eigenvalue weighted by molar-refractivity contribution is 5.82. The summed E-state index contributed by atoms with van der Waals surface area (Å²) in [4.78, 5) is 3.15. The van der Waals surface area contributed by atoms with E-state index in [0.29, 0.717) is 0 Å². The average Bonchev–Trinajstić information content (AvgIpc) is 2.73. The van der Waals surface area contributed by atoms with E-state index in [1.54, 1.807) is 7.11 Å². The average molecular weight is 205 g/mol. The highest BCUT2D eigenvalue weighted by Crippen LogP contribution is 2.30. The van der Waals surface area contributed by atoms with Gasteiger partial charge >= 0.3 is 0 Å². The first-order valence-electron chi connectivity index (χ1n) is 5.02. The molecule has 2 N–H and O–H groups in total. The molecule has 1 unspecified atom stereocenters. The van der Waals surface area contributed by atoms with Gasteiger partial charge in [0.15, 0.2) is 0 Å². The minimum atomic E-state index is 0.0904. The van der Waals surface area contributed by atoms with E-state index in [0.717, 1.165) is 22.2 Å². The molecular weight excluding hydrogens is 190 g/mol. The molecule has 1 atom stereocenters. The number of aliphatic hydroxyl groups is 1. The molecule has 0 fully saturated rings. The van der Waals surface area contributed by atoms with Crippen LogP contribution in [-0.2, 0) is 0 Å². The lowest BCUT2D eigenvalue weighted by molar-refractivity contribution is 0.270. The van der Waals surface area contributed by atoms with Crippen molar-refractivity contribution in [3.05, 3.63) is 30.0 Å². The summed E-state index contributed by atoms with van der Waals surface area (Å²) >= 11 is 0. The number of hydrogen-bond donors (Lipinski definition) is 2. The van der Waals surface area contributed by atoms with Crippen molar-refractivity contribution in [3.63, 3.8) is 0 Å². The quantitative estimate of drug-likeness (QED) is 0.807. The second kappa shape index (κ2) is 3.95. The van der Waals surface area contributed by atoms with Crippen molar-refractivity contribution in [3.8, 4) is 5.75 Å². The van der Waals surface area contributed by atoms with Crippen molar-refractivity contribution in [1.29, 1.82) is 0 Å². The molecule has 0 radical (unpaired) electrons. The fraction of sp³-hybridized carbons (Fsp3) is 0.333. The van der Waals surface area contributed by atoms with Gasteiger partial charge in [-0.2, -0.15) is 0 Å². The van der Waals surface area contributed by atoms with E-state index in [2.05, 4.69) is 4.98 Å². The Morgan fingerprint density at radius 3 is 2.93 bits per heavy atom. The molecule has 0 amide bonds. The number of fused-ring (bicyclic) bond motifs is 1. The first-order valence-corrected chi connectivity index (χ1v) is 5.02. The molecule has 2 aromatic rings. The van der Waals surface area contributed by atoms with Gasteiger partial charge in [-0.05, 0) is 18.2 Å². The minimum Gasteiger partial charge on any atom is -0.496 e. The number of aromatic nitrogens is 1. The largest absolute Gasteiger partial charge is 0.496 e. The highest BCUT2D eigenvalue weighted by Gasteiger charge is 2.12. The summed E-state index contributed by atoms with van der Waals surface area (Å²) in [6.45, 7) is 2.11. The van der Waals surface area contributed by atoms with Crippen LogP contribution in [0.4, 0.5) is 0 Å². The molecule has 2 rings (SSSR count). The van der Waals surface area contributed by atoms with E-state index in [4.69, 9.17) is 9.84 Å². The third-order valence-electron chi connectivity index (χ3n) is 2.71. The fourth-order valence-corrected chi connectivity index (χ4v) is 1.76. The summed E-state index contributed by atoms with van der Waals surface area (Å²) in [6.07, 6.45) is 1.90. The van der Waals surface area contributed by atoms with E-state index in [1.165, 1.54) is 0 Å². The van der Waals surface area contributed by atoms with Gasteiger partial charge in [-0.15, -0.1) is 0 Å². The maximum Gasteiger partial charge on any atom is 0.123 e. The molecule has 0 saturated heterocycles. The Hall–Kier alpha value is -1.48. The van der Waals surface area contributed by atoms with Gasteiger partial charge in [0.25, 0.3) is 0 Å². The van der Waals surface area contributed by atoms with Crippen molar-refractivity contribution in [2.75, 3.05) is 13.7 Å². The Morgan fingerprint density at radius 2 is 2.27 bits per heavy atom. The first kappa shape index (κ1) is 10.1. The maximum atomic E-state index is 9.17. The zero-order valence-corrected chi connectivity index (χ0v) is 8.95. The Balaban J connectivity index is 2.59. The number of aromatic amines is 1. The van der Waals surface area contributed by atoms with Crippen LogP contribution in [0.25, 0.3) is 10.9 Å². The number of benzene rings is 1. The summed E-state index contributed by atoms with van der Waals surface area (Å²) in [5, 5.41) is 10.3. The molecule has 0 spiro atoms. The van der Waals surface area contributed by atoms with E-state index in [9.17, 15) is 0 Å². The number of hydrogen-bond acceptors (Lipinski definition) is 2. The van der Waals surface area contributed by atoms with Crippen LogP contribution >= 0.6 is 0 Å². The van der Waals surface area contributed by atoms with Crippen LogP contribution in [0.3, 0.4) is 0 Å². The molecule has 0 saturated carbocycles. The lowest BCUT2D eigenvalue weighted by atomic mass is 9.99. The third kappa shape index (κ3) is 1.70. The van der Waals surface area contributed by atoms with Gasteiger partial charge in [-0.25, -0.2) is 0 Å². The van der Waals surface area contributed by atoms with Crippen LogP contribution in [0, 0.1) is 0 Å². The molecule has 1 aromatic carbocycles. The van der Waals surface area contributed by atoms with Gasteiger partial charge in [-0.3, -0.25) is 0 Å². The molecule has 0 aliphatic rings. The molecule has 3 nitrogen and oxygen atoms in total. The zero-order valence-electron chi connectivity index (χ0n) is 8.95. The van der Waals surface area contributed by atoms with Gasteiger partial charge < -0.3 is 14.8 Å². The Kier molecular flexibility index (Phi) is 2.64. The molecule has 80 valence electrons. The summed E-state index contributed by atoms with van der Waals surface area (Å²) < 4.78 is 5.32. The Bertz CT molecular complexity index is 462. The van der Waals surface area contributed by atoms with Gasteiger partial charge in [0.2, 0.25) is 0 Å². The van der Waals surface area contributed by atoms with Crippen LogP contribution in [0.15, 0.2) is 24.4 Å². The van der Waals surface area contributed by atoms with Crippen LogP contribution in [-0.4, -0.2) is 23.8 Å². The molecule has 3 heteroatoms. The molecule has 15 heavy (non-hydrogen) atoms. The first-order chi connectivity index (χ1) is 7.26. The number of H-pyrrole nitrogens is 1. The molecular formula is C12H15NO2.